The number of rotatable bonds is 7. The second kappa shape index (κ2) is 7.66. The molecule has 0 aliphatic carbocycles. The normalized spacial score (nSPS) is 24.0. The van der Waals surface area contributed by atoms with E-state index in [-0.39, 0.29) is 0 Å². The van der Waals surface area contributed by atoms with Gasteiger partial charge in [0.05, 0.1) is 6.10 Å². The molecular weight excluding hydrogens is 242 g/mol. The molecule has 14 heavy (non-hydrogen) atoms. The van der Waals surface area contributed by atoms with Gasteiger partial charge < -0.3 is 10.1 Å². The van der Waals surface area contributed by atoms with E-state index in [4.69, 9.17) is 4.74 Å². The molecule has 0 saturated carbocycles. The Morgan fingerprint density at radius 3 is 3.07 bits per heavy atom. The van der Waals surface area contributed by atoms with Crippen molar-refractivity contribution in [1.29, 1.82) is 0 Å². The first-order valence-corrected chi connectivity index (χ1v) is 6.86. The van der Waals surface area contributed by atoms with Gasteiger partial charge in [0.1, 0.15) is 0 Å². The van der Waals surface area contributed by atoms with Crippen molar-refractivity contribution in [3.63, 3.8) is 0 Å². The van der Waals surface area contributed by atoms with Crippen LogP contribution >= 0.6 is 15.9 Å². The molecule has 0 aromatic heterocycles. The molecule has 2 unspecified atom stereocenters. The maximum atomic E-state index is 5.57. The highest BCUT2D eigenvalue weighted by Gasteiger charge is 2.14. The summed E-state index contributed by atoms with van der Waals surface area (Å²) >= 11 is 3.45. The van der Waals surface area contributed by atoms with Crippen LogP contribution in [-0.4, -0.2) is 30.6 Å². The minimum absolute atomic E-state index is 0.559. The molecule has 1 N–H and O–H groups in total. The number of ether oxygens (including phenoxy) is 1. The molecule has 2 atom stereocenters. The van der Waals surface area contributed by atoms with Crippen LogP contribution in [0.3, 0.4) is 0 Å². The van der Waals surface area contributed by atoms with Crippen LogP contribution in [0, 0.1) is 0 Å². The van der Waals surface area contributed by atoms with Gasteiger partial charge in [-0.1, -0.05) is 15.9 Å². The lowest BCUT2D eigenvalue weighted by Crippen LogP contribution is -2.27. The zero-order valence-electron chi connectivity index (χ0n) is 9.10. The molecule has 1 fully saturated rings. The van der Waals surface area contributed by atoms with Crippen LogP contribution in [0.25, 0.3) is 0 Å². The Balaban J connectivity index is 1.88. The van der Waals surface area contributed by atoms with Gasteiger partial charge in [-0.3, -0.25) is 0 Å². The van der Waals surface area contributed by atoms with Gasteiger partial charge in [-0.15, -0.1) is 0 Å². The van der Waals surface area contributed by atoms with E-state index in [0.717, 1.165) is 18.5 Å². The number of halogens is 1. The van der Waals surface area contributed by atoms with Gasteiger partial charge in [-0.2, -0.15) is 0 Å². The van der Waals surface area contributed by atoms with E-state index >= 15 is 0 Å². The number of hydrogen-bond donors (Lipinski definition) is 1. The molecule has 0 aromatic carbocycles. The van der Waals surface area contributed by atoms with Crippen molar-refractivity contribution in [2.75, 3.05) is 18.5 Å². The quantitative estimate of drug-likeness (QED) is 0.564. The summed E-state index contributed by atoms with van der Waals surface area (Å²) in [6.07, 6.45) is 6.78. The average Bonchev–Trinajstić information content (AvgIpc) is 2.65. The Kier molecular flexibility index (Phi) is 6.82. The maximum Gasteiger partial charge on any atom is 0.0576 e. The maximum absolute atomic E-state index is 5.57. The second-order valence-corrected chi connectivity index (χ2v) is 4.90. The van der Waals surface area contributed by atoms with E-state index in [0.29, 0.717) is 12.1 Å². The highest BCUT2D eigenvalue weighted by atomic mass is 79.9. The van der Waals surface area contributed by atoms with Crippen LogP contribution in [0.5, 0.6) is 0 Å². The first kappa shape index (κ1) is 12.5. The van der Waals surface area contributed by atoms with Crippen molar-refractivity contribution in [2.45, 2.75) is 51.2 Å². The van der Waals surface area contributed by atoms with E-state index in [9.17, 15) is 0 Å². The van der Waals surface area contributed by atoms with E-state index in [1.807, 2.05) is 0 Å². The predicted octanol–water partition coefficient (Wildman–Crippen LogP) is 2.71. The Morgan fingerprint density at radius 2 is 2.43 bits per heavy atom. The lowest BCUT2D eigenvalue weighted by Gasteiger charge is -2.13. The number of alkyl halides is 1. The molecule has 1 aliphatic rings. The largest absolute Gasteiger partial charge is 0.378 e. The van der Waals surface area contributed by atoms with E-state index < -0.39 is 0 Å². The Bertz CT molecular complexity index is 137. The summed E-state index contributed by atoms with van der Waals surface area (Å²) in [4.78, 5) is 0. The summed E-state index contributed by atoms with van der Waals surface area (Å²) in [5, 5.41) is 4.61. The lowest BCUT2D eigenvalue weighted by molar-refractivity contribution is 0.102. The Morgan fingerprint density at radius 1 is 1.57 bits per heavy atom. The Labute approximate surface area is 95.9 Å². The SMILES string of the molecule is CC(CCBr)NCCCC1CCCO1. The highest BCUT2D eigenvalue weighted by Crippen LogP contribution is 2.16. The fourth-order valence-corrected chi connectivity index (χ4v) is 2.50. The third-order valence-corrected chi connectivity index (χ3v) is 3.22. The molecule has 0 bridgehead atoms. The van der Waals surface area contributed by atoms with Gasteiger partial charge in [-0.05, 0) is 45.6 Å². The molecule has 1 heterocycles. The van der Waals surface area contributed by atoms with Gasteiger partial charge in [-0.25, -0.2) is 0 Å². The van der Waals surface area contributed by atoms with Crippen LogP contribution in [0.1, 0.15) is 39.0 Å². The molecule has 0 aromatic rings. The van der Waals surface area contributed by atoms with Crippen molar-refractivity contribution < 1.29 is 4.74 Å². The van der Waals surface area contributed by atoms with Crippen molar-refractivity contribution in [1.82, 2.24) is 5.32 Å². The van der Waals surface area contributed by atoms with Crippen LogP contribution in [0.4, 0.5) is 0 Å². The van der Waals surface area contributed by atoms with Crippen molar-refractivity contribution in [2.24, 2.45) is 0 Å². The fourth-order valence-electron chi connectivity index (χ4n) is 1.82. The van der Waals surface area contributed by atoms with Gasteiger partial charge in [0.2, 0.25) is 0 Å². The molecule has 0 spiro atoms. The molecule has 0 amide bonds. The summed E-state index contributed by atoms with van der Waals surface area (Å²) in [5.74, 6) is 0. The summed E-state index contributed by atoms with van der Waals surface area (Å²) in [5.41, 5.74) is 0. The second-order valence-electron chi connectivity index (χ2n) is 4.11. The zero-order valence-corrected chi connectivity index (χ0v) is 10.7. The van der Waals surface area contributed by atoms with Gasteiger partial charge >= 0.3 is 0 Å². The summed E-state index contributed by atoms with van der Waals surface area (Å²) < 4.78 is 5.57. The molecule has 0 radical (unpaired) electrons. The van der Waals surface area contributed by atoms with Crippen LogP contribution < -0.4 is 5.32 Å². The number of hydrogen-bond acceptors (Lipinski definition) is 2. The first-order valence-electron chi connectivity index (χ1n) is 5.74. The third-order valence-electron chi connectivity index (χ3n) is 2.76. The zero-order chi connectivity index (χ0) is 10.2. The predicted molar refractivity (Wildman–Crippen MR) is 64.1 cm³/mol. The topological polar surface area (TPSA) is 21.3 Å². The van der Waals surface area contributed by atoms with Crippen molar-refractivity contribution in [3.05, 3.63) is 0 Å². The van der Waals surface area contributed by atoms with E-state index in [2.05, 4.69) is 28.2 Å². The highest BCUT2D eigenvalue weighted by molar-refractivity contribution is 9.09. The molecule has 3 heteroatoms. The number of nitrogens with one attached hydrogen (secondary N) is 1. The fraction of sp³-hybridized carbons (Fsp3) is 1.00. The molecule has 2 nitrogen and oxygen atoms in total. The molecular formula is C11H22BrNO. The molecule has 1 saturated heterocycles. The van der Waals surface area contributed by atoms with Crippen LogP contribution in [0.2, 0.25) is 0 Å². The van der Waals surface area contributed by atoms with Crippen LogP contribution in [0.15, 0.2) is 0 Å². The van der Waals surface area contributed by atoms with Gasteiger partial charge in [0.25, 0.3) is 0 Å². The molecule has 1 rings (SSSR count). The summed E-state index contributed by atoms with van der Waals surface area (Å²) in [6.45, 7) is 4.36. The Hall–Kier alpha value is 0.400. The first-order chi connectivity index (χ1) is 6.83. The van der Waals surface area contributed by atoms with Gasteiger partial charge in [0.15, 0.2) is 0 Å². The monoisotopic (exact) mass is 263 g/mol. The molecule has 84 valence electrons. The minimum Gasteiger partial charge on any atom is -0.378 e. The minimum atomic E-state index is 0.559. The van der Waals surface area contributed by atoms with Gasteiger partial charge in [0, 0.05) is 18.0 Å². The van der Waals surface area contributed by atoms with Crippen LogP contribution in [-0.2, 0) is 4.74 Å². The van der Waals surface area contributed by atoms with E-state index in [1.54, 1.807) is 0 Å². The third kappa shape index (κ3) is 5.32. The molecule has 1 aliphatic heterocycles. The summed E-state index contributed by atoms with van der Waals surface area (Å²) in [6, 6.07) is 0.638. The standard InChI is InChI=1S/C11H22BrNO/c1-10(6-7-12)13-8-2-4-11-5-3-9-14-11/h10-11,13H,2-9H2,1H3. The van der Waals surface area contributed by atoms with E-state index in [1.165, 1.54) is 32.1 Å². The van der Waals surface area contributed by atoms with Crippen molar-refractivity contribution in [3.8, 4) is 0 Å². The average molecular weight is 264 g/mol. The smallest absolute Gasteiger partial charge is 0.0576 e. The van der Waals surface area contributed by atoms with Crippen molar-refractivity contribution >= 4 is 15.9 Å². The lowest BCUT2D eigenvalue weighted by atomic mass is 10.1. The summed E-state index contributed by atoms with van der Waals surface area (Å²) in [7, 11) is 0.